The first-order valence-electron chi connectivity index (χ1n) is 10.1. The highest BCUT2D eigenvalue weighted by molar-refractivity contribution is 7.99. The number of hydrogen-bond donors (Lipinski definition) is 0. The number of benzene rings is 1. The van der Waals surface area contributed by atoms with Gasteiger partial charge in [-0.15, -0.1) is 0 Å². The number of ether oxygens (including phenoxy) is 1. The summed E-state index contributed by atoms with van der Waals surface area (Å²) in [5, 5.41) is 0. The van der Waals surface area contributed by atoms with Crippen molar-refractivity contribution in [3.8, 4) is 0 Å². The average molecular weight is 396 g/mol. The number of pyridine rings is 1. The van der Waals surface area contributed by atoms with E-state index in [2.05, 4.69) is 60.7 Å². The van der Waals surface area contributed by atoms with E-state index in [1.54, 1.807) is 11.8 Å². The molecular formula is C23H29N3OS. The van der Waals surface area contributed by atoms with Gasteiger partial charge in [0.1, 0.15) is 5.82 Å². The zero-order valence-corrected chi connectivity index (χ0v) is 18.1. The molecule has 0 atom stereocenters. The molecule has 5 heteroatoms. The van der Waals surface area contributed by atoms with E-state index in [1.807, 2.05) is 13.1 Å². The summed E-state index contributed by atoms with van der Waals surface area (Å²) < 4.78 is 8.01. The maximum atomic E-state index is 5.55. The smallest absolute Gasteiger partial charge is 0.115 e. The van der Waals surface area contributed by atoms with Gasteiger partial charge >= 0.3 is 0 Å². The van der Waals surface area contributed by atoms with Gasteiger partial charge in [-0.25, -0.2) is 4.98 Å². The van der Waals surface area contributed by atoms with Crippen LogP contribution in [0.5, 0.6) is 0 Å². The van der Waals surface area contributed by atoms with Crippen molar-refractivity contribution in [2.24, 2.45) is 5.92 Å². The van der Waals surface area contributed by atoms with Crippen LogP contribution in [0, 0.1) is 12.8 Å². The summed E-state index contributed by atoms with van der Waals surface area (Å²) in [4.78, 5) is 11.8. The van der Waals surface area contributed by atoms with Crippen molar-refractivity contribution in [3.63, 3.8) is 0 Å². The molecule has 1 fully saturated rings. The highest BCUT2D eigenvalue weighted by Crippen LogP contribution is 2.33. The third-order valence-electron chi connectivity index (χ3n) is 5.28. The second-order valence-electron chi connectivity index (χ2n) is 8.74. The molecular weight excluding hydrogens is 366 g/mol. The third kappa shape index (κ3) is 4.26. The highest BCUT2D eigenvalue weighted by Gasteiger charge is 2.25. The van der Waals surface area contributed by atoms with Crippen LogP contribution in [0.2, 0.25) is 0 Å². The van der Waals surface area contributed by atoms with Crippen molar-refractivity contribution in [1.29, 1.82) is 0 Å². The van der Waals surface area contributed by atoms with Crippen molar-refractivity contribution in [2.45, 2.75) is 62.3 Å². The molecule has 4 nitrogen and oxygen atoms in total. The van der Waals surface area contributed by atoms with Gasteiger partial charge in [0.05, 0.1) is 11.0 Å². The molecule has 0 saturated carbocycles. The first kappa shape index (κ1) is 19.5. The number of fused-ring (bicyclic) bond motifs is 1. The molecule has 3 heterocycles. The predicted octanol–water partition coefficient (Wildman–Crippen LogP) is 5.62. The van der Waals surface area contributed by atoms with Crippen LogP contribution in [0.4, 0.5) is 0 Å². The summed E-state index contributed by atoms with van der Waals surface area (Å²) in [5.41, 5.74) is 3.39. The Balaban J connectivity index is 1.69. The van der Waals surface area contributed by atoms with Crippen LogP contribution in [0.25, 0.3) is 11.0 Å². The lowest BCUT2D eigenvalue weighted by Gasteiger charge is -2.26. The Hall–Kier alpha value is -1.85. The molecule has 0 aliphatic carbocycles. The zero-order valence-electron chi connectivity index (χ0n) is 17.2. The number of imidazole rings is 1. The van der Waals surface area contributed by atoms with Crippen LogP contribution in [-0.2, 0) is 16.7 Å². The van der Waals surface area contributed by atoms with Crippen LogP contribution in [-0.4, -0.2) is 27.7 Å². The molecule has 1 saturated heterocycles. The normalized spacial score (nSPS) is 16.0. The molecule has 0 bridgehead atoms. The van der Waals surface area contributed by atoms with Gasteiger partial charge in [-0.2, -0.15) is 0 Å². The summed E-state index contributed by atoms with van der Waals surface area (Å²) in [5.74, 6) is 1.84. The molecule has 3 aromatic rings. The van der Waals surface area contributed by atoms with Gasteiger partial charge in [0, 0.05) is 46.9 Å². The van der Waals surface area contributed by atoms with Crippen molar-refractivity contribution < 1.29 is 4.74 Å². The van der Waals surface area contributed by atoms with E-state index in [1.165, 1.54) is 21.1 Å². The van der Waals surface area contributed by atoms with Crippen molar-refractivity contribution in [3.05, 3.63) is 48.0 Å². The van der Waals surface area contributed by atoms with E-state index in [4.69, 9.17) is 9.72 Å². The second-order valence-corrected chi connectivity index (χ2v) is 9.88. The Labute approximate surface area is 171 Å². The van der Waals surface area contributed by atoms with Gasteiger partial charge in [-0.3, -0.25) is 4.98 Å². The monoisotopic (exact) mass is 395 g/mol. The van der Waals surface area contributed by atoms with Crippen LogP contribution in [0.1, 0.15) is 45.1 Å². The van der Waals surface area contributed by atoms with E-state index >= 15 is 0 Å². The van der Waals surface area contributed by atoms with Gasteiger partial charge in [-0.1, -0.05) is 32.5 Å². The standard InChI is InChI=1S/C23H29N3OS/c1-16-13-19(7-10-24-16)28-18-5-6-21-20(14-18)25-22(23(2,3)4)26(21)15-17-8-11-27-12-9-17/h5-7,10,13-14,17H,8-9,11-12,15H2,1-4H3. The summed E-state index contributed by atoms with van der Waals surface area (Å²) in [6.07, 6.45) is 4.15. The number of hydrogen-bond acceptors (Lipinski definition) is 4. The lowest BCUT2D eigenvalue weighted by Crippen LogP contribution is -2.25. The van der Waals surface area contributed by atoms with Crippen LogP contribution in [0.15, 0.2) is 46.3 Å². The quantitative estimate of drug-likeness (QED) is 0.575. The van der Waals surface area contributed by atoms with Crippen LogP contribution in [0.3, 0.4) is 0 Å². The maximum Gasteiger partial charge on any atom is 0.115 e. The molecule has 1 aromatic carbocycles. The fourth-order valence-electron chi connectivity index (χ4n) is 3.84. The SMILES string of the molecule is Cc1cc(Sc2ccc3c(c2)nc(C(C)(C)C)n3CC2CCOCC2)ccn1. The summed E-state index contributed by atoms with van der Waals surface area (Å²) >= 11 is 1.77. The molecule has 2 aromatic heterocycles. The third-order valence-corrected chi connectivity index (χ3v) is 6.26. The predicted molar refractivity (Wildman–Crippen MR) is 115 cm³/mol. The average Bonchev–Trinajstić information content (AvgIpc) is 3.01. The van der Waals surface area contributed by atoms with E-state index in [-0.39, 0.29) is 5.41 Å². The molecule has 148 valence electrons. The van der Waals surface area contributed by atoms with Gasteiger partial charge in [0.15, 0.2) is 0 Å². The Bertz CT molecular complexity index is 968. The van der Waals surface area contributed by atoms with E-state index in [9.17, 15) is 0 Å². The van der Waals surface area contributed by atoms with Gasteiger partial charge < -0.3 is 9.30 Å². The van der Waals surface area contributed by atoms with Gasteiger partial charge in [0.25, 0.3) is 0 Å². The maximum absolute atomic E-state index is 5.55. The number of nitrogens with zero attached hydrogens (tertiary/aromatic N) is 3. The Kier molecular flexibility index (Phi) is 5.48. The highest BCUT2D eigenvalue weighted by atomic mass is 32.2. The lowest BCUT2D eigenvalue weighted by molar-refractivity contribution is 0.0611. The Morgan fingerprint density at radius 1 is 1.11 bits per heavy atom. The fourth-order valence-corrected chi connectivity index (χ4v) is 4.77. The molecule has 0 unspecified atom stereocenters. The lowest BCUT2D eigenvalue weighted by atomic mass is 9.94. The summed E-state index contributed by atoms with van der Waals surface area (Å²) in [7, 11) is 0. The van der Waals surface area contributed by atoms with Crippen molar-refractivity contribution in [2.75, 3.05) is 13.2 Å². The van der Waals surface area contributed by atoms with Crippen LogP contribution < -0.4 is 0 Å². The van der Waals surface area contributed by atoms with Crippen molar-refractivity contribution >= 4 is 22.8 Å². The topological polar surface area (TPSA) is 39.9 Å². The second kappa shape index (κ2) is 7.88. The minimum Gasteiger partial charge on any atom is -0.381 e. The summed E-state index contributed by atoms with van der Waals surface area (Å²) in [6.45, 7) is 11.6. The van der Waals surface area contributed by atoms with E-state index < -0.39 is 0 Å². The first-order chi connectivity index (χ1) is 13.4. The number of aryl methyl sites for hydroxylation is 1. The fraction of sp³-hybridized carbons (Fsp3) is 0.478. The van der Waals surface area contributed by atoms with E-state index in [0.717, 1.165) is 43.8 Å². The molecule has 0 amide bonds. The Morgan fingerprint density at radius 2 is 1.86 bits per heavy atom. The molecule has 0 radical (unpaired) electrons. The molecule has 0 N–H and O–H groups in total. The first-order valence-corrected chi connectivity index (χ1v) is 10.9. The molecule has 4 rings (SSSR count). The summed E-state index contributed by atoms with van der Waals surface area (Å²) in [6, 6.07) is 10.9. The largest absolute Gasteiger partial charge is 0.381 e. The molecule has 1 aliphatic heterocycles. The van der Waals surface area contributed by atoms with Gasteiger partial charge in [0.2, 0.25) is 0 Å². The minimum atomic E-state index is 0.0136. The minimum absolute atomic E-state index is 0.0136. The van der Waals surface area contributed by atoms with Crippen LogP contribution >= 0.6 is 11.8 Å². The Morgan fingerprint density at radius 3 is 2.57 bits per heavy atom. The number of rotatable bonds is 4. The van der Waals surface area contributed by atoms with Crippen molar-refractivity contribution in [1.82, 2.24) is 14.5 Å². The van der Waals surface area contributed by atoms with E-state index in [0.29, 0.717) is 5.92 Å². The van der Waals surface area contributed by atoms with Gasteiger partial charge in [-0.05, 0) is 56.0 Å². The molecule has 1 aliphatic rings. The number of aromatic nitrogens is 3. The molecule has 28 heavy (non-hydrogen) atoms. The zero-order chi connectivity index (χ0) is 19.7. The molecule has 0 spiro atoms.